The molecule has 2 heteroatoms. The summed E-state index contributed by atoms with van der Waals surface area (Å²) in [4.78, 5) is 11.3. The van der Waals surface area contributed by atoms with Gasteiger partial charge in [-0.25, -0.2) is 0 Å². The molecule has 0 spiro atoms. The van der Waals surface area contributed by atoms with E-state index in [1.807, 2.05) is 18.2 Å². The molecule has 0 unspecified atom stereocenters. The topological polar surface area (TPSA) is 26.3 Å². The third-order valence-corrected chi connectivity index (χ3v) is 2.24. The summed E-state index contributed by atoms with van der Waals surface area (Å²) in [6.45, 7) is 2.83. The number of ketones is 1. The Kier molecular flexibility index (Phi) is 2.05. The fraction of sp³-hybridized carbons (Fsp3) is 0.364. The van der Waals surface area contributed by atoms with Gasteiger partial charge >= 0.3 is 0 Å². The van der Waals surface area contributed by atoms with E-state index in [0.29, 0.717) is 6.61 Å². The van der Waals surface area contributed by atoms with Crippen molar-refractivity contribution in [2.24, 2.45) is 0 Å². The number of unbranched alkanes of at least 4 members (excludes halogenated alkanes) is 1. The fourth-order valence-electron chi connectivity index (χ4n) is 1.45. The summed E-state index contributed by atoms with van der Waals surface area (Å²) in [5.74, 6) is 0.877. The van der Waals surface area contributed by atoms with Crippen molar-refractivity contribution in [1.82, 2.24) is 0 Å². The van der Waals surface area contributed by atoms with Crippen molar-refractivity contribution in [3.8, 4) is 0 Å². The summed E-state index contributed by atoms with van der Waals surface area (Å²) >= 11 is 0. The first kappa shape index (κ1) is 8.30. The molecule has 2 rings (SSSR count). The van der Waals surface area contributed by atoms with Crippen LogP contribution in [0.1, 0.15) is 19.8 Å². The van der Waals surface area contributed by atoms with Gasteiger partial charge in [-0.05, 0) is 18.6 Å². The van der Waals surface area contributed by atoms with Crippen molar-refractivity contribution in [1.29, 1.82) is 0 Å². The van der Waals surface area contributed by atoms with E-state index in [-0.39, 0.29) is 5.78 Å². The molecule has 0 atom stereocenters. The zero-order chi connectivity index (χ0) is 9.26. The maximum absolute atomic E-state index is 11.3. The zero-order valence-electron chi connectivity index (χ0n) is 7.67. The highest BCUT2D eigenvalue weighted by Gasteiger charge is 2.27. The van der Waals surface area contributed by atoms with Gasteiger partial charge in [0, 0.05) is 5.57 Å². The van der Waals surface area contributed by atoms with Crippen LogP contribution in [0.25, 0.3) is 0 Å². The van der Waals surface area contributed by atoms with Crippen molar-refractivity contribution in [2.75, 3.05) is 6.61 Å². The Labute approximate surface area is 77.6 Å². The van der Waals surface area contributed by atoms with Crippen molar-refractivity contribution < 1.29 is 9.53 Å². The maximum atomic E-state index is 11.3. The maximum Gasteiger partial charge on any atom is 0.196 e. The lowest BCUT2D eigenvalue weighted by Crippen LogP contribution is -1.96. The molecule has 2 aliphatic rings. The Morgan fingerprint density at radius 1 is 1.38 bits per heavy atom. The third kappa shape index (κ3) is 1.32. The van der Waals surface area contributed by atoms with E-state index in [1.54, 1.807) is 0 Å². The molecule has 0 amide bonds. The average Bonchev–Trinajstić information content (AvgIpc) is 2.62. The summed E-state index contributed by atoms with van der Waals surface area (Å²) < 4.78 is 5.48. The molecule has 2 nitrogen and oxygen atoms in total. The lowest BCUT2D eigenvalue weighted by atomic mass is 10.2. The molecule has 0 heterocycles. The molecule has 0 fully saturated rings. The number of hydrogen-bond donors (Lipinski definition) is 0. The van der Waals surface area contributed by atoms with Crippen molar-refractivity contribution >= 4 is 5.78 Å². The highest BCUT2D eigenvalue weighted by Crippen LogP contribution is 2.30. The summed E-state index contributed by atoms with van der Waals surface area (Å²) in [6, 6.07) is 0. The van der Waals surface area contributed by atoms with Crippen molar-refractivity contribution in [3.63, 3.8) is 0 Å². The van der Waals surface area contributed by atoms with E-state index < -0.39 is 0 Å². The van der Waals surface area contributed by atoms with E-state index in [0.717, 1.165) is 29.7 Å². The van der Waals surface area contributed by atoms with Crippen LogP contribution in [0.15, 0.2) is 35.1 Å². The first-order valence-corrected chi connectivity index (χ1v) is 4.64. The zero-order valence-corrected chi connectivity index (χ0v) is 7.67. The Balaban J connectivity index is 2.02. The molecule has 0 aromatic carbocycles. The van der Waals surface area contributed by atoms with E-state index in [1.165, 1.54) is 0 Å². The van der Waals surface area contributed by atoms with E-state index >= 15 is 0 Å². The van der Waals surface area contributed by atoms with Crippen LogP contribution < -0.4 is 0 Å². The predicted molar refractivity (Wildman–Crippen MR) is 50.1 cm³/mol. The third-order valence-electron chi connectivity index (χ3n) is 2.24. The lowest BCUT2D eigenvalue weighted by molar-refractivity contribution is -0.111. The molecule has 0 saturated heterocycles. The second-order valence-corrected chi connectivity index (χ2v) is 3.24. The molecular formula is C11H12O2. The fourth-order valence-corrected chi connectivity index (χ4v) is 1.45. The van der Waals surface area contributed by atoms with Gasteiger partial charge in [-0.2, -0.15) is 0 Å². The quantitative estimate of drug-likeness (QED) is 0.613. The van der Waals surface area contributed by atoms with Gasteiger partial charge < -0.3 is 4.74 Å². The number of ether oxygens (including phenoxy) is 1. The monoisotopic (exact) mass is 176 g/mol. The van der Waals surface area contributed by atoms with Gasteiger partial charge in [0.2, 0.25) is 0 Å². The van der Waals surface area contributed by atoms with E-state index in [9.17, 15) is 4.79 Å². The minimum atomic E-state index is 0.117. The van der Waals surface area contributed by atoms with Crippen LogP contribution in [0.2, 0.25) is 0 Å². The number of carbonyl (C=O) groups is 1. The largest absolute Gasteiger partial charge is 0.493 e. The Bertz CT molecular complexity index is 332. The van der Waals surface area contributed by atoms with Gasteiger partial charge in [-0.15, -0.1) is 0 Å². The first-order valence-electron chi connectivity index (χ1n) is 4.64. The minimum Gasteiger partial charge on any atom is -0.493 e. The van der Waals surface area contributed by atoms with Gasteiger partial charge in [0.25, 0.3) is 0 Å². The standard InChI is InChI=1S/C11H12O2/c1-2-3-6-13-10-7-8-4-5-9(10)11(8)12/h4-5,7H,2-3,6H2,1H3. The molecule has 0 aliphatic heterocycles. The van der Waals surface area contributed by atoms with Crippen LogP contribution in [0.5, 0.6) is 0 Å². The van der Waals surface area contributed by atoms with Gasteiger partial charge in [0.05, 0.1) is 12.2 Å². The second kappa shape index (κ2) is 3.21. The van der Waals surface area contributed by atoms with Crippen molar-refractivity contribution in [2.45, 2.75) is 19.8 Å². The number of Topliss-reactive ketones (excluding diaryl/α,β-unsaturated/α-hetero) is 1. The van der Waals surface area contributed by atoms with Crippen LogP contribution >= 0.6 is 0 Å². The second-order valence-electron chi connectivity index (χ2n) is 3.24. The van der Waals surface area contributed by atoms with Crippen LogP contribution in [0, 0.1) is 0 Å². The number of carbonyl (C=O) groups excluding carboxylic acids is 1. The van der Waals surface area contributed by atoms with Gasteiger partial charge in [-0.3, -0.25) is 4.79 Å². The van der Waals surface area contributed by atoms with Crippen molar-refractivity contribution in [3.05, 3.63) is 35.1 Å². The first-order chi connectivity index (χ1) is 6.33. The van der Waals surface area contributed by atoms with E-state index in [2.05, 4.69) is 6.92 Å². The Morgan fingerprint density at radius 2 is 2.23 bits per heavy atom. The molecule has 2 aliphatic carbocycles. The van der Waals surface area contributed by atoms with Crippen LogP contribution in [-0.4, -0.2) is 12.4 Å². The van der Waals surface area contributed by atoms with Crippen LogP contribution in [-0.2, 0) is 9.53 Å². The van der Waals surface area contributed by atoms with Gasteiger partial charge in [0.1, 0.15) is 5.76 Å². The summed E-state index contributed by atoms with van der Waals surface area (Å²) in [5, 5.41) is 0. The molecule has 13 heavy (non-hydrogen) atoms. The molecular weight excluding hydrogens is 164 g/mol. The molecule has 0 aromatic rings. The minimum absolute atomic E-state index is 0.117. The molecule has 68 valence electrons. The highest BCUT2D eigenvalue weighted by molar-refractivity contribution is 6.18. The summed E-state index contributed by atoms with van der Waals surface area (Å²) in [7, 11) is 0. The van der Waals surface area contributed by atoms with Crippen LogP contribution in [0.3, 0.4) is 0 Å². The SMILES string of the molecule is CCCCOC1=C2C=CC(=C1)C2=O. The number of rotatable bonds is 4. The molecule has 0 saturated carbocycles. The smallest absolute Gasteiger partial charge is 0.196 e. The normalized spacial score (nSPS) is 18.5. The highest BCUT2D eigenvalue weighted by atomic mass is 16.5. The molecule has 0 aromatic heterocycles. The number of allylic oxidation sites excluding steroid dienone is 5. The summed E-state index contributed by atoms with van der Waals surface area (Å²) in [6.07, 6.45) is 7.65. The molecule has 0 radical (unpaired) electrons. The van der Waals surface area contributed by atoms with Crippen LogP contribution in [0.4, 0.5) is 0 Å². The molecule has 2 bridgehead atoms. The van der Waals surface area contributed by atoms with Gasteiger partial charge in [0.15, 0.2) is 5.78 Å². The number of hydrogen-bond acceptors (Lipinski definition) is 2. The Hall–Kier alpha value is -1.31. The predicted octanol–water partition coefficient (Wildman–Crippen LogP) is 2.14. The average molecular weight is 176 g/mol. The Morgan fingerprint density at radius 3 is 2.77 bits per heavy atom. The lowest BCUT2D eigenvalue weighted by Gasteiger charge is -2.05. The number of fused-ring (bicyclic) bond motifs is 2. The van der Waals surface area contributed by atoms with Gasteiger partial charge in [-0.1, -0.05) is 19.4 Å². The summed E-state index contributed by atoms with van der Waals surface area (Å²) in [5.41, 5.74) is 1.49. The molecule has 0 N–H and O–H groups in total. The van der Waals surface area contributed by atoms with E-state index in [4.69, 9.17) is 4.74 Å².